The van der Waals surface area contributed by atoms with Gasteiger partial charge in [0.15, 0.2) is 11.5 Å². The molecule has 3 heterocycles. The first-order valence-electron chi connectivity index (χ1n) is 9.34. The van der Waals surface area contributed by atoms with E-state index in [1.807, 2.05) is 37.3 Å². The third kappa shape index (κ3) is 4.87. The Balaban J connectivity index is 0.000000155. The van der Waals surface area contributed by atoms with Crippen molar-refractivity contribution >= 4 is 57.5 Å². The molecule has 2 aromatic carbocycles. The lowest BCUT2D eigenvalue weighted by Crippen LogP contribution is -2.18. The van der Waals surface area contributed by atoms with Crippen molar-refractivity contribution in [3.63, 3.8) is 0 Å². The van der Waals surface area contributed by atoms with Crippen LogP contribution in [0.3, 0.4) is 0 Å². The number of hydrogen-bond donors (Lipinski definition) is 2. The van der Waals surface area contributed by atoms with Gasteiger partial charge in [0.05, 0.1) is 9.81 Å². The van der Waals surface area contributed by atoms with Gasteiger partial charge in [0.25, 0.3) is 22.3 Å². The normalized spacial score (nSPS) is 19.5. The van der Waals surface area contributed by atoms with Crippen molar-refractivity contribution in [3.8, 4) is 11.5 Å². The zero-order valence-corrected chi connectivity index (χ0v) is 18.3. The number of carbonyl (C=O) groups excluding carboxylic acids is 4. The molecule has 3 aliphatic heterocycles. The van der Waals surface area contributed by atoms with E-state index in [-0.39, 0.29) is 29.1 Å². The summed E-state index contributed by atoms with van der Waals surface area (Å²) in [6.07, 6.45) is 1.65. The lowest BCUT2D eigenvalue weighted by atomic mass is 10.1. The molecule has 0 spiro atoms. The molecule has 2 saturated heterocycles. The van der Waals surface area contributed by atoms with Crippen molar-refractivity contribution in [1.29, 1.82) is 0 Å². The van der Waals surface area contributed by atoms with E-state index >= 15 is 0 Å². The van der Waals surface area contributed by atoms with E-state index in [0.717, 1.165) is 40.2 Å². The third-order valence-corrected chi connectivity index (χ3v) is 6.29. The second kappa shape index (κ2) is 9.33. The van der Waals surface area contributed by atoms with Crippen molar-refractivity contribution in [1.82, 2.24) is 10.6 Å². The highest BCUT2D eigenvalue weighted by Crippen LogP contribution is 2.34. The van der Waals surface area contributed by atoms with Crippen LogP contribution >= 0.6 is 23.5 Å². The van der Waals surface area contributed by atoms with Gasteiger partial charge in [-0.15, -0.1) is 0 Å². The highest BCUT2D eigenvalue weighted by molar-refractivity contribution is 8.18. The molecule has 2 fully saturated rings. The van der Waals surface area contributed by atoms with E-state index in [1.54, 1.807) is 24.3 Å². The van der Waals surface area contributed by atoms with Gasteiger partial charge in [0, 0.05) is 0 Å². The number of amides is 4. The van der Waals surface area contributed by atoms with Crippen molar-refractivity contribution in [2.45, 2.75) is 6.92 Å². The van der Waals surface area contributed by atoms with E-state index in [9.17, 15) is 19.2 Å². The lowest BCUT2D eigenvalue weighted by molar-refractivity contribution is -0.116. The van der Waals surface area contributed by atoms with E-state index < -0.39 is 0 Å². The van der Waals surface area contributed by atoms with Gasteiger partial charge in [-0.2, -0.15) is 0 Å². The highest BCUT2D eigenvalue weighted by Gasteiger charge is 2.27. The predicted octanol–water partition coefficient (Wildman–Crippen LogP) is 4.14. The molecule has 32 heavy (non-hydrogen) atoms. The molecule has 0 bridgehead atoms. The first kappa shape index (κ1) is 21.7. The molecule has 3 aliphatic rings. The SMILES string of the molecule is C/C(=C1/SC(=O)NC1=O)c1ccccc1.O=C1NC(=O)/C(=C/c2ccc3c(c2)OCO3)S1. The van der Waals surface area contributed by atoms with Crippen LogP contribution in [0.4, 0.5) is 9.59 Å². The smallest absolute Gasteiger partial charge is 0.290 e. The number of carbonyl (C=O) groups is 4. The summed E-state index contributed by atoms with van der Waals surface area (Å²) in [5.41, 5.74) is 2.59. The van der Waals surface area contributed by atoms with Gasteiger partial charge in [-0.25, -0.2) is 0 Å². The molecule has 0 aliphatic carbocycles. The average Bonchev–Trinajstić information content (AvgIpc) is 3.47. The Morgan fingerprint density at radius 1 is 0.875 bits per heavy atom. The van der Waals surface area contributed by atoms with Crippen LogP contribution < -0.4 is 20.1 Å². The number of hydrogen-bond acceptors (Lipinski definition) is 8. The summed E-state index contributed by atoms with van der Waals surface area (Å²) >= 11 is 1.85. The number of benzene rings is 2. The van der Waals surface area contributed by atoms with Crippen molar-refractivity contribution in [2.24, 2.45) is 0 Å². The van der Waals surface area contributed by atoms with Gasteiger partial charge in [-0.3, -0.25) is 29.8 Å². The van der Waals surface area contributed by atoms with Gasteiger partial charge in [0.1, 0.15) is 0 Å². The van der Waals surface area contributed by atoms with Crippen molar-refractivity contribution in [3.05, 3.63) is 69.5 Å². The largest absolute Gasteiger partial charge is 0.454 e. The van der Waals surface area contributed by atoms with Gasteiger partial charge in [0.2, 0.25) is 6.79 Å². The molecular weight excluding hydrogens is 452 g/mol. The molecule has 0 radical (unpaired) electrons. The maximum absolute atomic E-state index is 11.4. The fourth-order valence-electron chi connectivity index (χ4n) is 2.96. The molecule has 0 unspecified atom stereocenters. The van der Waals surface area contributed by atoms with Crippen molar-refractivity contribution < 1.29 is 28.7 Å². The minimum atomic E-state index is -0.363. The number of imide groups is 2. The Hall–Kier alpha value is -3.50. The van der Waals surface area contributed by atoms with E-state index in [2.05, 4.69) is 10.6 Å². The first-order chi connectivity index (χ1) is 15.4. The predicted molar refractivity (Wildman–Crippen MR) is 122 cm³/mol. The molecule has 8 nitrogen and oxygen atoms in total. The number of allylic oxidation sites excluding steroid dienone is 1. The summed E-state index contributed by atoms with van der Waals surface area (Å²) < 4.78 is 10.4. The van der Waals surface area contributed by atoms with Crippen LogP contribution in [-0.2, 0) is 9.59 Å². The standard InChI is InChI=1S/C11H7NO4S.C11H9NO2S/c13-10-9(17-11(14)12-10)4-6-1-2-7-8(3-6)16-5-15-7;1-7(8-5-3-2-4-6-8)9-10(13)12-11(14)15-9/h1-4H,5H2,(H,12,13,14);2-6H,1H3,(H,12,13,14)/b9-4-;9-7-. The quantitative estimate of drug-likeness (QED) is 0.633. The van der Waals surface area contributed by atoms with Gasteiger partial charge < -0.3 is 9.47 Å². The summed E-state index contributed by atoms with van der Waals surface area (Å²) in [5, 5.41) is 3.80. The van der Waals surface area contributed by atoms with Crippen LogP contribution in [0.15, 0.2) is 58.3 Å². The molecule has 4 amide bonds. The first-order valence-corrected chi connectivity index (χ1v) is 11.0. The zero-order chi connectivity index (χ0) is 22.7. The Morgan fingerprint density at radius 2 is 1.56 bits per heavy atom. The summed E-state index contributed by atoms with van der Waals surface area (Å²) in [4.78, 5) is 45.6. The average molecular weight is 469 g/mol. The number of ether oxygens (including phenoxy) is 2. The molecule has 2 N–H and O–H groups in total. The summed E-state index contributed by atoms with van der Waals surface area (Å²) in [6, 6.07) is 14.9. The molecular formula is C22H16N2O6S2. The van der Waals surface area contributed by atoms with E-state index in [0.29, 0.717) is 21.3 Å². The van der Waals surface area contributed by atoms with Crippen LogP contribution in [0.5, 0.6) is 11.5 Å². The van der Waals surface area contributed by atoms with Gasteiger partial charge in [-0.05, 0) is 65.4 Å². The number of thioether (sulfide) groups is 2. The van der Waals surface area contributed by atoms with E-state index in [1.165, 1.54) is 0 Å². The van der Waals surface area contributed by atoms with Crippen molar-refractivity contribution in [2.75, 3.05) is 6.79 Å². The van der Waals surface area contributed by atoms with Crippen LogP contribution in [0.2, 0.25) is 0 Å². The molecule has 0 atom stereocenters. The lowest BCUT2D eigenvalue weighted by Gasteiger charge is -2.02. The number of rotatable bonds is 2. The summed E-state index contributed by atoms with van der Waals surface area (Å²) in [5.74, 6) is 0.671. The fourth-order valence-corrected chi connectivity index (χ4v) is 4.38. The minimum Gasteiger partial charge on any atom is -0.454 e. The number of fused-ring (bicyclic) bond motifs is 1. The highest BCUT2D eigenvalue weighted by atomic mass is 32.2. The Bertz CT molecular complexity index is 1190. The molecule has 0 saturated carbocycles. The molecule has 10 heteroatoms. The second-order valence-electron chi connectivity index (χ2n) is 6.63. The van der Waals surface area contributed by atoms with Gasteiger partial charge in [-0.1, -0.05) is 36.4 Å². The Labute approximate surface area is 191 Å². The Kier molecular flexibility index (Phi) is 6.33. The monoisotopic (exact) mass is 468 g/mol. The molecule has 162 valence electrons. The van der Waals surface area contributed by atoms with Crippen LogP contribution in [-0.4, -0.2) is 29.1 Å². The maximum atomic E-state index is 11.4. The topological polar surface area (TPSA) is 111 Å². The molecule has 2 aromatic rings. The molecule has 5 rings (SSSR count). The van der Waals surface area contributed by atoms with E-state index in [4.69, 9.17) is 9.47 Å². The molecule has 0 aromatic heterocycles. The summed E-state index contributed by atoms with van der Waals surface area (Å²) in [7, 11) is 0. The summed E-state index contributed by atoms with van der Waals surface area (Å²) in [6.45, 7) is 2.05. The number of nitrogens with one attached hydrogen (secondary N) is 2. The van der Waals surface area contributed by atoms with Crippen LogP contribution in [0.25, 0.3) is 11.6 Å². The third-order valence-electron chi connectivity index (χ3n) is 4.50. The minimum absolute atomic E-state index is 0.211. The van der Waals surface area contributed by atoms with Crippen LogP contribution in [0, 0.1) is 0 Å². The fraction of sp³-hybridized carbons (Fsp3) is 0.0909. The van der Waals surface area contributed by atoms with Gasteiger partial charge >= 0.3 is 0 Å². The second-order valence-corrected chi connectivity index (χ2v) is 8.63. The maximum Gasteiger partial charge on any atom is 0.290 e. The van der Waals surface area contributed by atoms with Crippen LogP contribution in [0.1, 0.15) is 18.1 Å². The zero-order valence-electron chi connectivity index (χ0n) is 16.7. The Morgan fingerprint density at radius 3 is 2.22 bits per heavy atom.